The van der Waals surface area contributed by atoms with Crippen LogP contribution in [0.3, 0.4) is 0 Å². The Balaban J connectivity index is 1.49. The number of aromatic nitrogens is 2. The number of rotatable bonds is 7. The zero-order valence-electron chi connectivity index (χ0n) is 16.7. The fourth-order valence-electron chi connectivity index (χ4n) is 3.55. The molecule has 1 N–H and O–H groups in total. The van der Waals surface area contributed by atoms with Crippen LogP contribution in [-0.2, 0) is 16.4 Å². The molecule has 31 heavy (non-hydrogen) atoms. The van der Waals surface area contributed by atoms with E-state index < -0.39 is 22.7 Å². The molecule has 1 heterocycles. The topological polar surface area (TPSA) is 73.2 Å². The van der Waals surface area contributed by atoms with Gasteiger partial charge in [0, 0.05) is 24.1 Å². The molecule has 2 aromatic carbocycles. The fraction of sp³-hybridized carbons (Fsp3) is 0.227. The number of imidazole rings is 1. The van der Waals surface area contributed by atoms with Crippen molar-refractivity contribution in [1.29, 1.82) is 0 Å². The molecule has 0 radical (unpaired) electrons. The minimum atomic E-state index is -3.71. The van der Waals surface area contributed by atoms with E-state index in [1.54, 1.807) is 31.6 Å². The van der Waals surface area contributed by atoms with Crippen LogP contribution in [0.25, 0.3) is 11.8 Å². The Morgan fingerprint density at radius 3 is 2.58 bits per heavy atom. The standard InChI is InChI=1S/C22H21F2N3O3S/c1-15(16-2-6-19(7-3-16)27-11-10-25-14-27)26-31(28,29)21-9-5-17-12-20(30-22(23)24)8-4-18(17)13-21/h2-4,6-8,10-15,22,26H,5,9H2,1H3. The Morgan fingerprint density at radius 2 is 1.90 bits per heavy atom. The summed E-state index contributed by atoms with van der Waals surface area (Å²) in [4.78, 5) is 4.28. The number of nitrogens with zero attached hydrogens (tertiary/aromatic N) is 2. The van der Waals surface area contributed by atoms with Crippen molar-refractivity contribution in [2.45, 2.75) is 32.4 Å². The molecule has 0 spiro atoms. The molecule has 0 aliphatic heterocycles. The lowest BCUT2D eigenvalue weighted by atomic mass is 9.97. The second kappa shape index (κ2) is 8.60. The number of benzene rings is 2. The SMILES string of the molecule is CC(NS(=O)(=O)C1=Cc2ccc(OC(F)F)cc2CC1)c1ccc(-n2ccnc2)cc1. The summed E-state index contributed by atoms with van der Waals surface area (Å²) in [5.74, 6) is 0.0688. The molecule has 0 saturated heterocycles. The van der Waals surface area contributed by atoms with Gasteiger partial charge in [-0.3, -0.25) is 0 Å². The van der Waals surface area contributed by atoms with E-state index in [0.717, 1.165) is 16.8 Å². The van der Waals surface area contributed by atoms with Crippen LogP contribution in [0.5, 0.6) is 5.75 Å². The van der Waals surface area contributed by atoms with E-state index in [-0.39, 0.29) is 17.1 Å². The molecule has 3 aromatic rings. The summed E-state index contributed by atoms with van der Waals surface area (Å²) in [5.41, 5.74) is 3.22. The Hall–Kier alpha value is -3.04. The minimum absolute atomic E-state index is 0.0688. The minimum Gasteiger partial charge on any atom is -0.435 e. The molecule has 162 valence electrons. The number of halogens is 2. The van der Waals surface area contributed by atoms with Gasteiger partial charge >= 0.3 is 6.61 Å². The maximum Gasteiger partial charge on any atom is 0.387 e. The molecule has 0 saturated carbocycles. The molecular formula is C22H21F2N3O3S. The molecule has 0 amide bonds. The van der Waals surface area contributed by atoms with Gasteiger partial charge in [-0.25, -0.2) is 18.1 Å². The fourth-order valence-corrected chi connectivity index (χ4v) is 4.96. The number of aryl methyl sites for hydroxylation is 1. The van der Waals surface area contributed by atoms with Crippen LogP contribution in [-0.4, -0.2) is 24.6 Å². The quantitative estimate of drug-likeness (QED) is 0.584. The third-order valence-corrected chi connectivity index (χ3v) is 6.85. The average Bonchev–Trinajstić information content (AvgIpc) is 3.27. The monoisotopic (exact) mass is 445 g/mol. The summed E-state index contributed by atoms with van der Waals surface area (Å²) in [6, 6.07) is 11.7. The van der Waals surface area contributed by atoms with Gasteiger partial charge in [-0.2, -0.15) is 8.78 Å². The highest BCUT2D eigenvalue weighted by molar-refractivity contribution is 7.93. The number of ether oxygens (including phenoxy) is 1. The number of nitrogens with one attached hydrogen (secondary N) is 1. The third-order valence-electron chi connectivity index (χ3n) is 5.17. The summed E-state index contributed by atoms with van der Waals surface area (Å²) >= 11 is 0. The molecule has 6 nitrogen and oxygen atoms in total. The van der Waals surface area contributed by atoms with E-state index in [0.29, 0.717) is 12.0 Å². The molecule has 1 atom stereocenters. The van der Waals surface area contributed by atoms with Crippen LogP contribution in [0, 0.1) is 0 Å². The van der Waals surface area contributed by atoms with E-state index in [2.05, 4.69) is 14.4 Å². The average molecular weight is 445 g/mol. The van der Waals surface area contributed by atoms with Crippen molar-refractivity contribution < 1.29 is 21.9 Å². The molecule has 1 unspecified atom stereocenters. The first-order valence-electron chi connectivity index (χ1n) is 9.71. The van der Waals surface area contributed by atoms with E-state index in [4.69, 9.17) is 0 Å². The van der Waals surface area contributed by atoms with Crippen LogP contribution >= 0.6 is 0 Å². The first-order valence-corrected chi connectivity index (χ1v) is 11.2. The van der Waals surface area contributed by atoms with Crippen LogP contribution < -0.4 is 9.46 Å². The molecule has 1 aromatic heterocycles. The number of hydrogen-bond acceptors (Lipinski definition) is 4. The van der Waals surface area contributed by atoms with Gasteiger partial charge in [0.2, 0.25) is 10.0 Å². The number of hydrogen-bond donors (Lipinski definition) is 1. The van der Waals surface area contributed by atoms with Crippen molar-refractivity contribution in [3.05, 3.63) is 82.8 Å². The Kier molecular flexibility index (Phi) is 5.88. The lowest BCUT2D eigenvalue weighted by molar-refractivity contribution is -0.0498. The van der Waals surface area contributed by atoms with Crippen molar-refractivity contribution in [2.24, 2.45) is 0 Å². The maximum atomic E-state index is 12.9. The second-order valence-corrected chi connectivity index (χ2v) is 9.02. The molecule has 0 fully saturated rings. The smallest absolute Gasteiger partial charge is 0.387 e. The molecule has 1 aliphatic rings. The first-order chi connectivity index (χ1) is 14.8. The van der Waals surface area contributed by atoms with E-state index in [1.165, 1.54) is 12.1 Å². The predicted octanol–water partition coefficient (Wildman–Crippen LogP) is 4.44. The van der Waals surface area contributed by atoms with Gasteiger partial charge in [-0.05, 0) is 66.8 Å². The van der Waals surface area contributed by atoms with Crippen molar-refractivity contribution in [1.82, 2.24) is 14.3 Å². The third kappa shape index (κ3) is 4.83. The lowest BCUT2D eigenvalue weighted by Crippen LogP contribution is -2.28. The molecule has 9 heteroatoms. The van der Waals surface area contributed by atoms with Crippen LogP contribution in [0.4, 0.5) is 8.78 Å². The molecular weight excluding hydrogens is 424 g/mol. The van der Waals surface area contributed by atoms with Gasteiger partial charge in [0.25, 0.3) is 0 Å². The predicted molar refractivity (Wildman–Crippen MR) is 113 cm³/mol. The maximum absolute atomic E-state index is 12.9. The zero-order chi connectivity index (χ0) is 22.0. The highest BCUT2D eigenvalue weighted by atomic mass is 32.2. The first kappa shape index (κ1) is 21.2. The van der Waals surface area contributed by atoms with Crippen LogP contribution in [0.1, 0.15) is 36.1 Å². The van der Waals surface area contributed by atoms with E-state index in [1.807, 2.05) is 35.0 Å². The number of allylic oxidation sites excluding steroid dienone is 1. The van der Waals surface area contributed by atoms with E-state index in [9.17, 15) is 17.2 Å². The van der Waals surface area contributed by atoms with Gasteiger partial charge in [-0.15, -0.1) is 0 Å². The van der Waals surface area contributed by atoms with Crippen molar-refractivity contribution in [2.75, 3.05) is 0 Å². The Labute approximate surface area is 179 Å². The van der Waals surface area contributed by atoms with Crippen LogP contribution in [0.2, 0.25) is 0 Å². The summed E-state index contributed by atoms with van der Waals surface area (Å²) in [7, 11) is -3.71. The van der Waals surface area contributed by atoms with Gasteiger partial charge in [-0.1, -0.05) is 18.2 Å². The Morgan fingerprint density at radius 1 is 1.13 bits per heavy atom. The highest BCUT2D eigenvalue weighted by Crippen LogP contribution is 2.31. The highest BCUT2D eigenvalue weighted by Gasteiger charge is 2.24. The van der Waals surface area contributed by atoms with E-state index >= 15 is 0 Å². The van der Waals surface area contributed by atoms with Gasteiger partial charge in [0.1, 0.15) is 5.75 Å². The Bertz CT molecular complexity index is 1190. The molecule has 4 rings (SSSR count). The van der Waals surface area contributed by atoms with Gasteiger partial charge in [0.15, 0.2) is 0 Å². The molecule has 1 aliphatic carbocycles. The summed E-state index contributed by atoms with van der Waals surface area (Å²) in [6.07, 6.45) is 7.51. The second-order valence-electron chi connectivity index (χ2n) is 7.25. The largest absolute Gasteiger partial charge is 0.435 e. The van der Waals surface area contributed by atoms with Crippen molar-refractivity contribution in [3.8, 4) is 11.4 Å². The summed E-state index contributed by atoms with van der Waals surface area (Å²) in [6.45, 7) is -1.11. The van der Waals surface area contributed by atoms with Gasteiger partial charge < -0.3 is 9.30 Å². The van der Waals surface area contributed by atoms with Crippen molar-refractivity contribution in [3.63, 3.8) is 0 Å². The van der Waals surface area contributed by atoms with Crippen molar-refractivity contribution >= 4 is 16.1 Å². The van der Waals surface area contributed by atoms with Crippen LogP contribution in [0.15, 0.2) is 66.1 Å². The number of sulfonamides is 1. The zero-order valence-corrected chi connectivity index (χ0v) is 17.5. The summed E-state index contributed by atoms with van der Waals surface area (Å²) < 4.78 is 59.7. The normalized spacial score (nSPS) is 14.8. The number of fused-ring (bicyclic) bond motifs is 1. The molecule has 0 bridgehead atoms. The van der Waals surface area contributed by atoms with Gasteiger partial charge in [0.05, 0.1) is 11.2 Å². The number of alkyl halides is 2. The lowest BCUT2D eigenvalue weighted by Gasteiger charge is -2.20. The summed E-state index contributed by atoms with van der Waals surface area (Å²) in [5, 5.41) is 0.